The Bertz CT molecular complexity index is 931. The van der Waals surface area contributed by atoms with Crippen LogP contribution in [0.1, 0.15) is 12.0 Å². The molecule has 3 aromatic rings. The smallest absolute Gasteiger partial charge is 0.248 e. The third-order valence-corrected chi connectivity index (χ3v) is 5.72. The molecule has 6 heteroatoms. The lowest BCUT2D eigenvalue weighted by atomic mass is 10.1. The molecule has 1 aromatic heterocycles. The number of thiazole rings is 1. The Kier molecular flexibility index (Phi) is 6.34. The van der Waals surface area contributed by atoms with Crippen LogP contribution >= 0.6 is 34.7 Å². The Hall–Kier alpha value is -1.56. The number of nitrogens with zero attached hydrogens (tertiary/aromatic N) is 2. The fraction of sp³-hybridized carbons (Fsp3) is 0.263. The number of hydrogen-bond donors (Lipinski definition) is 0. The van der Waals surface area contributed by atoms with E-state index in [0.29, 0.717) is 17.9 Å². The largest absolute Gasteiger partial charge is 0.316 e. The van der Waals surface area contributed by atoms with Gasteiger partial charge in [-0.1, -0.05) is 53.3 Å². The average Bonchev–Trinajstić information content (AvgIpc) is 2.95. The number of benzene rings is 2. The number of halogens is 1. The van der Waals surface area contributed by atoms with Crippen molar-refractivity contribution in [3.8, 4) is 0 Å². The van der Waals surface area contributed by atoms with Crippen LogP contribution in [0.3, 0.4) is 0 Å². The normalized spacial score (nSPS) is 12.0. The van der Waals surface area contributed by atoms with E-state index in [9.17, 15) is 4.79 Å². The summed E-state index contributed by atoms with van der Waals surface area (Å²) in [6.45, 7) is 0.827. The minimum atomic E-state index is -0.0839. The summed E-state index contributed by atoms with van der Waals surface area (Å²) in [6, 6.07) is 15.8. The van der Waals surface area contributed by atoms with E-state index in [2.05, 4.69) is 15.8 Å². The maximum absolute atomic E-state index is 12.4. The summed E-state index contributed by atoms with van der Waals surface area (Å²) in [5.41, 5.74) is 2.24. The molecule has 25 heavy (non-hydrogen) atoms. The maximum atomic E-state index is 12.4. The molecular formula is C19H19ClN2OS2. The summed E-state index contributed by atoms with van der Waals surface area (Å²) in [6.07, 6.45) is 3.21. The van der Waals surface area contributed by atoms with Gasteiger partial charge in [-0.05, 0) is 36.4 Å². The van der Waals surface area contributed by atoms with Gasteiger partial charge in [-0.2, -0.15) is 16.8 Å². The van der Waals surface area contributed by atoms with Gasteiger partial charge >= 0.3 is 0 Å². The lowest BCUT2D eigenvalue weighted by Crippen LogP contribution is -2.18. The predicted molar refractivity (Wildman–Crippen MR) is 109 cm³/mol. The quantitative estimate of drug-likeness (QED) is 0.607. The highest BCUT2D eigenvalue weighted by atomic mass is 35.5. The molecule has 0 unspecified atom stereocenters. The van der Waals surface area contributed by atoms with Crippen molar-refractivity contribution in [3.05, 3.63) is 63.9 Å². The monoisotopic (exact) mass is 390 g/mol. The van der Waals surface area contributed by atoms with E-state index in [0.717, 1.165) is 32.9 Å². The van der Waals surface area contributed by atoms with Crippen molar-refractivity contribution in [1.29, 1.82) is 0 Å². The highest BCUT2D eigenvalue weighted by Crippen LogP contribution is 2.22. The fourth-order valence-electron chi connectivity index (χ4n) is 2.59. The zero-order chi connectivity index (χ0) is 17.6. The second-order valence-corrected chi connectivity index (χ2v) is 8.06. The Morgan fingerprint density at radius 1 is 1.24 bits per heavy atom. The fourth-order valence-corrected chi connectivity index (χ4v) is 4.30. The second-order valence-electron chi connectivity index (χ2n) is 5.63. The van der Waals surface area contributed by atoms with Gasteiger partial charge in [0.25, 0.3) is 0 Å². The molecule has 0 saturated heterocycles. The molecule has 0 aliphatic rings. The molecule has 0 atom stereocenters. The molecule has 0 bridgehead atoms. The number of thioether (sulfide) groups is 1. The molecule has 130 valence electrons. The average molecular weight is 391 g/mol. The molecule has 2 aromatic carbocycles. The van der Waals surface area contributed by atoms with Crippen LogP contribution in [-0.2, 0) is 17.8 Å². The van der Waals surface area contributed by atoms with E-state index < -0.39 is 0 Å². The van der Waals surface area contributed by atoms with Gasteiger partial charge in [0, 0.05) is 23.7 Å². The molecule has 1 heterocycles. The summed E-state index contributed by atoms with van der Waals surface area (Å²) in [5, 5.41) is 0.702. The van der Waals surface area contributed by atoms with E-state index in [-0.39, 0.29) is 5.91 Å². The third-order valence-electron chi connectivity index (χ3n) is 3.85. The van der Waals surface area contributed by atoms with E-state index in [1.165, 1.54) is 11.3 Å². The number of fused-ring (bicyclic) bond motifs is 1. The van der Waals surface area contributed by atoms with Crippen LogP contribution in [-0.4, -0.2) is 22.5 Å². The zero-order valence-electron chi connectivity index (χ0n) is 13.9. The van der Waals surface area contributed by atoms with E-state index >= 15 is 0 Å². The topological polar surface area (TPSA) is 34.4 Å². The van der Waals surface area contributed by atoms with Crippen LogP contribution < -0.4 is 4.80 Å². The van der Waals surface area contributed by atoms with Gasteiger partial charge in [0.2, 0.25) is 5.91 Å². The van der Waals surface area contributed by atoms with Crippen LogP contribution in [0, 0.1) is 0 Å². The number of carbonyl (C=O) groups excluding carboxylic acids is 1. The van der Waals surface area contributed by atoms with E-state index in [1.807, 2.05) is 48.5 Å². The lowest BCUT2D eigenvalue weighted by Gasteiger charge is -2.03. The van der Waals surface area contributed by atoms with Gasteiger partial charge in [0.1, 0.15) is 0 Å². The Morgan fingerprint density at radius 3 is 2.80 bits per heavy atom. The third kappa shape index (κ3) is 4.75. The van der Waals surface area contributed by atoms with Crippen molar-refractivity contribution in [3.63, 3.8) is 0 Å². The summed E-state index contributed by atoms with van der Waals surface area (Å²) in [5.74, 6) is 0.888. The van der Waals surface area contributed by atoms with Crippen molar-refractivity contribution in [2.45, 2.75) is 19.4 Å². The van der Waals surface area contributed by atoms with Crippen molar-refractivity contribution >= 4 is 50.8 Å². The number of aromatic nitrogens is 1. The van der Waals surface area contributed by atoms with Gasteiger partial charge in [-0.15, -0.1) is 0 Å². The zero-order valence-corrected chi connectivity index (χ0v) is 16.3. The van der Waals surface area contributed by atoms with Crippen molar-refractivity contribution < 1.29 is 4.79 Å². The Balaban J connectivity index is 1.87. The van der Waals surface area contributed by atoms with Gasteiger partial charge in [0.05, 0.1) is 10.2 Å². The summed E-state index contributed by atoms with van der Waals surface area (Å²) in [7, 11) is 0. The number of aryl methyl sites for hydroxylation is 2. The first-order chi connectivity index (χ1) is 12.2. The molecule has 0 N–H and O–H groups in total. The summed E-state index contributed by atoms with van der Waals surface area (Å²) in [4.78, 5) is 17.5. The number of carbonyl (C=O) groups is 1. The molecular weight excluding hydrogens is 372 g/mol. The van der Waals surface area contributed by atoms with Crippen molar-refractivity contribution in [1.82, 2.24) is 4.57 Å². The molecule has 3 nitrogen and oxygen atoms in total. The molecule has 0 spiro atoms. The molecule has 1 amide bonds. The predicted octanol–water partition coefficient (Wildman–Crippen LogP) is 4.78. The first-order valence-electron chi connectivity index (χ1n) is 8.06. The minimum Gasteiger partial charge on any atom is -0.316 e. The first kappa shape index (κ1) is 18.2. The number of amides is 1. The maximum Gasteiger partial charge on any atom is 0.248 e. The molecule has 0 aliphatic heterocycles. The molecule has 0 fully saturated rings. The Labute approximate surface area is 160 Å². The van der Waals surface area contributed by atoms with E-state index in [4.69, 9.17) is 11.6 Å². The van der Waals surface area contributed by atoms with Gasteiger partial charge < -0.3 is 4.57 Å². The molecule has 0 radical (unpaired) electrons. The summed E-state index contributed by atoms with van der Waals surface area (Å²) >= 11 is 9.40. The van der Waals surface area contributed by atoms with Crippen LogP contribution in [0.25, 0.3) is 10.2 Å². The van der Waals surface area contributed by atoms with Crippen LogP contribution in [0.4, 0.5) is 0 Å². The minimum absolute atomic E-state index is 0.0839. The van der Waals surface area contributed by atoms with Crippen LogP contribution in [0.15, 0.2) is 53.5 Å². The first-order valence-corrected chi connectivity index (χ1v) is 10.7. The molecule has 0 aliphatic carbocycles. The number of rotatable bonds is 6. The molecule has 0 saturated carbocycles. The van der Waals surface area contributed by atoms with Crippen LogP contribution in [0.2, 0.25) is 5.02 Å². The van der Waals surface area contributed by atoms with Gasteiger partial charge in [-0.25, -0.2) is 0 Å². The van der Waals surface area contributed by atoms with Gasteiger partial charge in [0.15, 0.2) is 4.80 Å². The standard InChI is InChI=1S/C19H19ClN2OS2/c1-24-12-11-22-16-9-8-15(20)13-17(16)25-19(22)21-18(23)10-7-14-5-3-2-4-6-14/h2-6,8-9,13H,7,10-12H2,1H3. The number of hydrogen-bond acceptors (Lipinski definition) is 3. The van der Waals surface area contributed by atoms with Crippen molar-refractivity contribution in [2.75, 3.05) is 12.0 Å². The highest BCUT2D eigenvalue weighted by Gasteiger charge is 2.08. The highest BCUT2D eigenvalue weighted by molar-refractivity contribution is 7.98. The van der Waals surface area contributed by atoms with Crippen LogP contribution in [0.5, 0.6) is 0 Å². The second kappa shape index (κ2) is 8.70. The summed E-state index contributed by atoms with van der Waals surface area (Å²) < 4.78 is 3.18. The SMILES string of the molecule is CSCCn1c(=NC(=O)CCc2ccccc2)sc2cc(Cl)ccc21. The van der Waals surface area contributed by atoms with Crippen molar-refractivity contribution in [2.24, 2.45) is 4.99 Å². The van der Waals surface area contributed by atoms with Gasteiger partial charge in [-0.3, -0.25) is 4.79 Å². The molecule has 3 rings (SSSR count). The lowest BCUT2D eigenvalue weighted by molar-refractivity contribution is -0.118. The van der Waals surface area contributed by atoms with E-state index in [1.54, 1.807) is 11.8 Å². The Morgan fingerprint density at radius 2 is 2.04 bits per heavy atom.